The van der Waals surface area contributed by atoms with E-state index in [-0.39, 0.29) is 11.9 Å². The lowest BCUT2D eigenvalue weighted by molar-refractivity contribution is 0.0614. The van der Waals surface area contributed by atoms with Crippen LogP contribution in [0.4, 0.5) is 0 Å². The van der Waals surface area contributed by atoms with Crippen molar-refractivity contribution in [2.45, 2.75) is 32.5 Å². The first kappa shape index (κ1) is 16.2. The molecule has 1 N–H and O–H groups in total. The van der Waals surface area contributed by atoms with Crippen LogP contribution < -0.4 is 0 Å². The van der Waals surface area contributed by atoms with E-state index >= 15 is 0 Å². The maximum atomic E-state index is 13.2. The van der Waals surface area contributed by atoms with E-state index in [1.807, 2.05) is 46.8 Å². The fourth-order valence-corrected chi connectivity index (χ4v) is 3.78. The lowest BCUT2D eigenvalue weighted by atomic mass is 10.1. The van der Waals surface area contributed by atoms with Crippen LogP contribution in [-0.2, 0) is 24.3 Å². The molecule has 0 aliphatic carbocycles. The summed E-state index contributed by atoms with van der Waals surface area (Å²) in [7, 11) is 0. The number of nitrogens with one attached hydrogen (secondary N) is 1. The number of benzene rings is 1. The SMILES string of the molecule is C[C@H]1c2nc(-c3ccccc3)nn2CCN1C(=O)c1n[nH]c2c1COCC2. The monoisotopic (exact) mass is 364 g/mol. The van der Waals surface area contributed by atoms with Gasteiger partial charge in [-0.15, -0.1) is 0 Å². The number of aromatic nitrogens is 5. The number of hydrogen-bond donors (Lipinski definition) is 1. The Morgan fingerprint density at radius 3 is 2.96 bits per heavy atom. The summed E-state index contributed by atoms with van der Waals surface area (Å²) in [4.78, 5) is 19.7. The highest BCUT2D eigenvalue weighted by Gasteiger charge is 2.34. The van der Waals surface area contributed by atoms with Gasteiger partial charge in [0, 0.05) is 29.8 Å². The highest BCUT2D eigenvalue weighted by Crippen LogP contribution is 2.29. The van der Waals surface area contributed by atoms with Crippen LogP contribution in [0.2, 0.25) is 0 Å². The zero-order valence-electron chi connectivity index (χ0n) is 15.1. The molecule has 27 heavy (non-hydrogen) atoms. The van der Waals surface area contributed by atoms with E-state index in [0.29, 0.717) is 37.8 Å². The number of fused-ring (bicyclic) bond motifs is 2. The molecule has 0 saturated carbocycles. The molecule has 0 saturated heterocycles. The first-order valence-electron chi connectivity index (χ1n) is 9.17. The predicted octanol–water partition coefficient (Wildman–Crippen LogP) is 1.96. The second kappa shape index (κ2) is 6.31. The average molecular weight is 364 g/mol. The van der Waals surface area contributed by atoms with Crippen LogP contribution in [0.25, 0.3) is 11.4 Å². The molecule has 1 atom stereocenters. The molecule has 5 rings (SSSR count). The highest BCUT2D eigenvalue weighted by atomic mass is 16.5. The topological polar surface area (TPSA) is 88.9 Å². The summed E-state index contributed by atoms with van der Waals surface area (Å²) < 4.78 is 7.41. The Morgan fingerprint density at radius 1 is 1.26 bits per heavy atom. The molecule has 0 bridgehead atoms. The predicted molar refractivity (Wildman–Crippen MR) is 96.9 cm³/mol. The Bertz CT molecular complexity index is 993. The lowest BCUT2D eigenvalue weighted by Gasteiger charge is -2.32. The van der Waals surface area contributed by atoms with Gasteiger partial charge in [-0.05, 0) is 6.92 Å². The molecule has 0 spiro atoms. The number of H-pyrrole nitrogens is 1. The van der Waals surface area contributed by atoms with E-state index in [9.17, 15) is 4.79 Å². The van der Waals surface area contributed by atoms with Gasteiger partial charge in [0.1, 0.15) is 5.82 Å². The first-order chi connectivity index (χ1) is 13.2. The maximum Gasteiger partial charge on any atom is 0.275 e. The number of carbonyl (C=O) groups is 1. The Balaban J connectivity index is 1.45. The zero-order valence-corrected chi connectivity index (χ0v) is 15.1. The van der Waals surface area contributed by atoms with Crippen LogP contribution in [0.5, 0.6) is 0 Å². The molecular weight excluding hydrogens is 344 g/mol. The number of aromatic amines is 1. The largest absolute Gasteiger partial charge is 0.376 e. The van der Waals surface area contributed by atoms with Gasteiger partial charge in [-0.1, -0.05) is 30.3 Å². The van der Waals surface area contributed by atoms with E-state index in [2.05, 4.69) is 15.3 Å². The normalized spacial score (nSPS) is 18.9. The summed E-state index contributed by atoms with van der Waals surface area (Å²) in [6.45, 7) is 4.28. The number of carbonyl (C=O) groups excluding carboxylic acids is 1. The van der Waals surface area contributed by atoms with E-state index < -0.39 is 0 Å². The number of hydrogen-bond acceptors (Lipinski definition) is 5. The Hall–Kier alpha value is -3.00. The van der Waals surface area contributed by atoms with Crippen molar-refractivity contribution in [2.75, 3.05) is 13.2 Å². The van der Waals surface area contributed by atoms with Gasteiger partial charge in [0.15, 0.2) is 11.5 Å². The molecule has 2 aromatic heterocycles. The lowest BCUT2D eigenvalue weighted by Crippen LogP contribution is -2.42. The van der Waals surface area contributed by atoms with E-state index in [0.717, 1.165) is 29.1 Å². The molecule has 0 unspecified atom stereocenters. The van der Waals surface area contributed by atoms with Crippen molar-refractivity contribution in [2.24, 2.45) is 0 Å². The molecule has 0 fully saturated rings. The zero-order chi connectivity index (χ0) is 18.4. The van der Waals surface area contributed by atoms with Gasteiger partial charge in [0.05, 0.1) is 25.8 Å². The number of amides is 1. The van der Waals surface area contributed by atoms with Gasteiger partial charge < -0.3 is 9.64 Å². The quantitative estimate of drug-likeness (QED) is 0.751. The maximum absolute atomic E-state index is 13.2. The number of rotatable bonds is 2. The summed E-state index contributed by atoms with van der Waals surface area (Å²) in [6.07, 6.45) is 0.764. The summed E-state index contributed by atoms with van der Waals surface area (Å²) in [5.41, 5.74) is 3.33. The summed E-state index contributed by atoms with van der Waals surface area (Å²) in [5.74, 6) is 1.41. The minimum atomic E-state index is -0.173. The van der Waals surface area contributed by atoms with Crippen molar-refractivity contribution in [3.8, 4) is 11.4 Å². The Labute approximate surface area is 156 Å². The van der Waals surface area contributed by atoms with E-state index in [1.54, 1.807) is 0 Å². The van der Waals surface area contributed by atoms with Crippen LogP contribution in [0.1, 0.15) is 40.5 Å². The molecule has 0 radical (unpaired) electrons. The molecule has 3 aromatic rings. The third-order valence-electron chi connectivity index (χ3n) is 5.29. The third-order valence-corrected chi connectivity index (χ3v) is 5.29. The standard InChI is InChI=1S/C19H20N6O2/c1-12-18-20-17(13-5-3-2-4-6-13)23-25(18)9-8-24(12)19(26)16-14-11-27-10-7-15(14)21-22-16/h2-6,12H,7-11H2,1H3,(H,21,22)/t12-/m0/s1. The van der Waals surface area contributed by atoms with Crippen molar-refractivity contribution >= 4 is 5.91 Å². The van der Waals surface area contributed by atoms with Crippen molar-refractivity contribution in [3.63, 3.8) is 0 Å². The molecule has 8 nitrogen and oxygen atoms in total. The molecule has 1 aromatic carbocycles. The molecule has 4 heterocycles. The number of nitrogens with zero attached hydrogens (tertiary/aromatic N) is 5. The fraction of sp³-hybridized carbons (Fsp3) is 0.368. The van der Waals surface area contributed by atoms with Crippen molar-refractivity contribution in [3.05, 3.63) is 53.1 Å². The summed E-state index contributed by atoms with van der Waals surface area (Å²) in [6, 6.07) is 9.72. The van der Waals surface area contributed by atoms with Crippen LogP contribution >= 0.6 is 0 Å². The van der Waals surface area contributed by atoms with Gasteiger partial charge >= 0.3 is 0 Å². The average Bonchev–Trinajstić information content (AvgIpc) is 3.33. The molecule has 2 aliphatic rings. The van der Waals surface area contributed by atoms with Crippen LogP contribution in [-0.4, -0.2) is 48.9 Å². The molecule has 2 aliphatic heterocycles. The van der Waals surface area contributed by atoms with E-state index in [4.69, 9.17) is 9.72 Å². The number of ether oxygens (including phenoxy) is 1. The Kier molecular flexibility index (Phi) is 3.78. The van der Waals surface area contributed by atoms with Crippen LogP contribution in [0, 0.1) is 0 Å². The molecule has 8 heteroatoms. The van der Waals surface area contributed by atoms with Crippen molar-refractivity contribution in [1.82, 2.24) is 29.9 Å². The minimum Gasteiger partial charge on any atom is -0.376 e. The summed E-state index contributed by atoms with van der Waals surface area (Å²) in [5, 5.41) is 11.9. The summed E-state index contributed by atoms with van der Waals surface area (Å²) >= 11 is 0. The first-order valence-corrected chi connectivity index (χ1v) is 9.17. The Morgan fingerprint density at radius 2 is 2.11 bits per heavy atom. The van der Waals surface area contributed by atoms with E-state index in [1.165, 1.54) is 0 Å². The smallest absolute Gasteiger partial charge is 0.275 e. The second-order valence-corrected chi connectivity index (χ2v) is 6.89. The third kappa shape index (κ3) is 2.64. The highest BCUT2D eigenvalue weighted by molar-refractivity contribution is 5.94. The van der Waals surface area contributed by atoms with Crippen LogP contribution in [0.3, 0.4) is 0 Å². The molecule has 1 amide bonds. The van der Waals surface area contributed by atoms with Gasteiger partial charge in [0.2, 0.25) is 0 Å². The minimum absolute atomic E-state index is 0.0824. The van der Waals surface area contributed by atoms with Crippen molar-refractivity contribution in [1.29, 1.82) is 0 Å². The molecular formula is C19H20N6O2. The van der Waals surface area contributed by atoms with Gasteiger partial charge in [-0.3, -0.25) is 9.89 Å². The van der Waals surface area contributed by atoms with Gasteiger partial charge in [-0.2, -0.15) is 10.2 Å². The fourth-order valence-electron chi connectivity index (χ4n) is 3.78. The van der Waals surface area contributed by atoms with Crippen LogP contribution in [0.15, 0.2) is 30.3 Å². The van der Waals surface area contributed by atoms with Gasteiger partial charge in [-0.25, -0.2) is 9.67 Å². The second-order valence-electron chi connectivity index (χ2n) is 6.89. The van der Waals surface area contributed by atoms with Crippen molar-refractivity contribution < 1.29 is 9.53 Å². The van der Waals surface area contributed by atoms with Gasteiger partial charge in [0.25, 0.3) is 5.91 Å². The molecule has 138 valence electrons.